The predicted octanol–water partition coefficient (Wildman–Crippen LogP) is 1.82. The zero-order valence-electron chi connectivity index (χ0n) is 7.99. The first-order valence-corrected chi connectivity index (χ1v) is 4.69. The van der Waals surface area contributed by atoms with Crippen LogP contribution in [0.4, 0.5) is 0 Å². The molecule has 14 heavy (non-hydrogen) atoms. The average molecular weight is 187 g/mol. The van der Waals surface area contributed by atoms with Gasteiger partial charge in [0.05, 0.1) is 6.61 Å². The van der Waals surface area contributed by atoms with Gasteiger partial charge in [0, 0.05) is 23.6 Å². The van der Waals surface area contributed by atoms with Crippen LogP contribution in [0.1, 0.15) is 5.56 Å². The number of rotatable bonds is 1. The van der Waals surface area contributed by atoms with Crippen molar-refractivity contribution in [3.8, 4) is 5.75 Å². The molecule has 0 bridgehead atoms. The first kappa shape index (κ1) is 9.07. The Morgan fingerprint density at radius 1 is 1.50 bits per heavy atom. The Hall–Kier alpha value is -1.50. The molecule has 0 saturated heterocycles. The molecule has 0 radical (unpaired) electrons. The second-order valence-electron chi connectivity index (χ2n) is 3.33. The maximum Gasteiger partial charge on any atom is 0.127 e. The van der Waals surface area contributed by atoms with E-state index in [-0.39, 0.29) is 5.92 Å². The first-order chi connectivity index (χ1) is 6.86. The summed E-state index contributed by atoms with van der Waals surface area (Å²) in [5.41, 5.74) is 10.8. The van der Waals surface area contributed by atoms with E-state index in [9.17, 15) is 0 Å². The number of ether oxygens (including phenoxy) is 1. The molecule has 1 aliphatic rings. The smallest absolute Gasteiger partial charge is 0.127 e. The molecule has 2 rings (SSSR count). The van der Waals surface area contributed by atoms with E-state index in [1.165, 1.54) is 0 Å². The molecule has 1 aliphatic heterocycles. The Kier molecular flexibility index (Phi) is 2.40. The van der Waals surface area contributed by atoms with Crippen molar-refractivity contribution in [1.29, 1.82) is 0 Å². The summed E-state index contributed by atoms with van der Waals surface area (Å²) in [6, 6.07) is 7.92. The lowest BCUT2D eigenvalue weighted by molar-refractivity contribution is 0.270. The monoisotopic (exact) mass is 187 g/mol. The van der Waals surface area contributed by atoms with E-state index in [1.54, 1.807) is 0 Å². The Morgan fingerprint density at radius 2 is 2.29 bits per heavy atom. The van der Waals surface area contributed by atoms with Crippen LogP contribution in [0.5, 0.6) is 5.75 Å². The number of nitrogens with two attached hydrogens (primary N) is 1. The normalized spacial score (nSPS) is 19.5. The Morgan fingerprint density at radius 3 is 3.00 bits per heavy atom. The topological polar surface area (TPSA) is 35.2 Å². The van der Waals surface area contributed by atoms with Gasteiger partial charge in [-0.25, -0.2) is 0 Å². The maximum absolute atomic E-state index is 5.66. The van der Waals surface area contributed by atoms with E-state index >= 15 is 0 Å². The van der Waals surface area contributed by atoms with Crippen LogP contribution < -0.4 is 10.5 Å². The second kappa shape index (κ2) is 3.70. The van der Waals surface area contributed by atoms with Crippen molar-refractivity contribution < 1.29 is 4.74 Å². The molecule has 1 heterocycles. The van der Waals surface area contributed by atoms with Crippen molar-refractivity contribution in [2.24, 2.45) is 11.7 Å². The molecule has 1 aromatic carbocycles. The highest BCUT2D eigenvalue weighted by atomic mass is 16.5. The fourth-order valence-corrected chi connectivity index (χ4v) is 1.73. The van der Waals surface area contributed by atoms with Crippen LogP contribution in [0.3, 0.4) is 0 Å². The van der Waals surface area contributed by atoms with E-state index in [0.717, 1.165) is 16.9 Å². The van der Waals surface area contributed by atoms with E-state index in [1.807, 2.05) is 24.3 Å². The summed E-state index contributed by atoms with van der Waals surface area (Å²) < 4.78 is 5.59. The summed E-state index contributed by atoms with van der Waals surface area (Å²) in [5.74, 6) is 1.13. The van der Waals surface area contributed by atoms with Gasteiger partial charge in [0.25, 0.3) is 0 Å². The maximum atomic E-state index is 5.66. The quantitative estimate of drug-likeness (QED) is 0.681. The van der Waals surface area contributed by atoms with E-state index in [4.69, 9.17) is 10.5 Å². The molecule has 2 N–H and O–H groups in total. The van der Waals surface area contributed by atoms with Gasteiger partial charge in [-0.2, -0.15) is 0 Å². The molecule has 1 atom stereocenters. The summed E-state index contributed by atoms with van der Waals surface area (Å²) in [7, 11) is 0. The zero-order chi connectivity index (χ0) is 9.97. The zero-order valence-corrected chi connectivity index (χ0v) is 7.99. The van der Waals surface area contributed by atoms with Crippen molar-refractivity contribution in [3.05, 3.63) is 42.1 Å². The van der Waals surface area contributed by atoms with Crippen LogP contribution in [0.2, 0.25) is 0 Å². The summed E-state index contributed by atoms with van der Waals surface area (Å²) in [6.45, 7) is 4.91. The lowest BCUT2D eigenvalue weighted by Gasteiger charge is -2.25. The van der Waals surface area contributed by atoms with Crippen LogP contribution in [-0.2, 0) is 0 Å². The third-order valence-electron chi connectivity index (χ3n) is 2.50. The highest BCUT2D eigenvalue weighted by molar-refractivity contribution is 5.73. The minimum absolute atomic E-state index is 0.224. The van der Waals surface area contributed by atoms with Gasteiger partial charge >= 0.3 is 0 Å². The number of benzene rings is 1. The fraction of sp³-hybridized carbons (Fsp3) is 0.250. The van der Waals surface area contributed by atoms with Crippen molar-refractivity contribution >= 4 is 5.57 Å². The van der Waals surface area contributed by atoms with E-state index < -0.39 is 0 Å². The minimum Gasteiger partial charge on any atom is -0.492 e. The van der Waals surface area contributed by atoms with Gasteiger partial charge in [0.1, 0.15) is 5.75 Å². The Bertz CT molecular complexity index is 391. The minimum atomic E-state index is 0.224. The van der Waals surface area contributed by atoms with Crippen molar-refractivity contribution in [2.75, 3.05) is 13.2 Å². The van der Waals surface area contributed by atoms with Crippen LogP contribution in [0.25, 0.3) is 5.57 Å². The van der Waals surface area contributed by atoms with E-state index in [0.29, 0.717) is 13.2 Å². The molecular weight excluding hydrogens is 174 g/mol. The third kappa shape index (κ3) is 1.35. The highest BCUT2D eigenvalue weighted by Gasteiger charge is 2.23. The Balaban J connectivity index is 2.50. The van der Waals surface area contributed by atoms with Crippen LogP contribution in [-0.4, -0.2) is 13.2 Å². The summed E-state index contributed by atoms with van der Waals surface area (Å²) in [4.78, 5) is 0. The molecule has 0 aliphatic carbocycles. The lowest BCUT2D eigenvalue weighted by atomic mass is 9.91. The third-order valence-corrected chi connectivity index (χ3v) is 2.50. The molecule has 1 aromatic rings. The predicted molar refractivity (Wildman–Crippen MR) is 57.0 cm³/mol. The van der Waals surface area contributed by atoms with Gasteiger partial charge in [0.2, 0.25) is 0 Å². The fourth-order valence-electron chi connectivity index (χ4n) is 1.73. The van der Waals surface area contributed by atoms with E-state index in [2.05, 4.69) is 12.3 Å². The first-order valence-electron chi connectivity index (χ1n) is 4.69. The summed E-state index contributed by atoms with van der Waals surface area (Å²) in [6.07, 6.45) is 0. The van der Waals surface area contributed by atoms with Gasteiger partial charge in [-0.15, -0.1) is 5.73 Å². The molecule has 0 fully saturated rings. The molecule has 72 valence electrons. The number of hydrogen-bond acceptors (Lipinski definition) is 2. The average Bonchev–Trinajstić information content (AvgIpc) is 2.27. The summed E-state index contributed by atoms with van der Waals surface area (Å²) >= 11 is 0. The molecule has 2 heteroatoms. The standard InChI is InChI=1S/C12H13NO/c1-2-10-9(7-13)8-14-12-6-4-3-5-11(10)12/h3-6,9H,1,7-8,13H2. The van der Waals surface area contributed by atoms with Gasteiger partial charge in [-0.3, -0.25) is 0 Å². The van der Waals surface area contributed by atoms with Gasteiger partial charge in [-0.1, -0.05) is 24.8 Å². The molecule has 1 unspecified atom stereocenters. The molecule has 0 aromatic heterocycles. The lowest BCUT2D eigenvalue weighted by Crippen LogP contribution is -2.26. The molecule has 0 saturated carbocycles. The van der Waals surface area contributed by atoms with Crippen molar-refractivity contribution in [3.63, 3.8) is 0 Å². The number of hydrogen-bond donors (Lipinski definition) is 1. The molecular formula is C12H13NO. The SMILES string of the molecule is C=C=C1c2ccccc2OCC1CN. The number of fused-ring (bicyclic) bond motifs is 1. The molecule has 0 amide bonds. The molecule has 0 spiro atoms. The van der Waals surface area contributed by atoms with Crippen molar-refractivity contribution in [1.82, 2.24) is 0 Å². The highest BCUT2D eigenvalue weighted by Crippen LogP contribution is 2.34. The molecule has 2 nitrogen and oxygen atoms in total. The number of para-hydroxylation sites is 1. The largest absolute Gasteiger partial charge is 0.492 e. The Labute approximate surface area is 83.7 Å². The van der Waals surface area contributed by atoms with Crippen LogP contribution in [0, 0.1) is 5.92 Å². The van der Waals surface area contributed by atoms with Gasteiger partial charge in [-0.05, 0) is 6.07 Å². The van der Waals surface area contributed by atoms with Gasteiger partial charge < -0.3 is 10.5 Å². The van der Waals surface area contributed by atoms with Crippen LogP contribution >= 0.6 is 0 Å². The van der Waals surface area contributed by atoms with Gasteiger partial charge in [0.15, 0.2) is 0 Å². The van der Waals surface area contributed by atoms with Crippen LogP contribution in [0.15, 0.2) is 36.6 Å². The summed E-state index contributed by atoms with van der Waals surface area (Å²) in [5, 5.41) is 0. The van der Waals surface area contributed by atoms with Crippen molar-refractivity contribution in [2.45, 2.75) is 0 Å². The second-order valence-corrected chi connectivity index (χ2v) is 3.33.